The summed E-state index contributed by atoms with van der Waals surface area (Å²) >= 11 is 0. The molecule has 0 saturated carbocycles. The number of benzene rings is 1. The van der Waals surface area contributed by atoms with E-state index in [1.807, 2.05) is 0 Å². The number of amides is 3. The second kappa shape index (κ2) is 8.64. The van der Waals surface area contributed by atoms with Gasteiger partial charge in [0.25, 0.3) is 0 Å². The second-order valence-electron chi connectivity index (χ2n) is 5.97. The van der Waals surface area contributed by atoms with Crippen molar-refractivity contribution in [2.75, 3.05) is 19.7 Å². The molecule has 0 spiro atoms. The highest BCUT2D eigenvalue weighted by Gasteiger charge is 2.25. The standard InChI is InChI=1S/C17H23F2N3O3/c1-3-25-17(24)22-8-6-13(7-9-22)21-16(23)20-11(2)12-4-5-14(18)15(19)10-12/h4-5,10-11,13H,3,6-9H2,1-2H3,(H2,20,21,23)/t11-/m1/s1. The highest BCUT2D eigenvalue weighted by Crippen LogP contribution is 2.16. The summed E-state index contributed by atoms with van der Waals surface area (Å²) in [7, 11) is 0. The van der Waals surface area contributed by atoms with Crippen LogP contribution in [0.25, 0.3) is 0 Å². The summed E-state index contributed by atoms with van der Waals surface area (Å²) in [6.45, 7) is 4.81. The zero-order valence-electron chi connectivity index (χ0n) is 14.4. The van der Waals surface area contributed by atoms with Crippen LogP contribution in [0.3, 0.4) is 0 Å². The van der Waals surface area contributed by atoms with E-state index in [2.05, 4.69) is 10.6 Å². The number of urea groups is 1. The van der Waals surface area contributed by atoms with Crippen LogP contribution in [-0.4, -0.2) is 42.8 Å². The van der Waals surface area contributed by atoms with Gasteiger partial charge in [-0.3, -0.25) is 0 Å². The van der Waals surface area contributed by atoms with Gasteiger partial charge >= 0.3 is 12.1 Å². The van der Waals surface area contributed by atoms with Crippen molar-refractivity contribution in [2.45, 2.75) is 38.8 Å². The Kier molecular flexibility index (Phi) is 6.55. The maximum Gasteiger partial charge on any atom is 0.409 e. The van der Waals surface area contributed by atoms with Crippen molar-refractivity contribution >= 4 is 12.1 Å². The third kappa shape index (κ3) is 5.30. The minimum absolute atomic E-state index is 0.0529. The predicted molar refractivity (Wildman–Crippen MR) is 88.1 cm³/mol. The molecule has 25 heavy (non-hydrogen) atoms. The molecule has 6 nitrogen and oxygen atoms in total. The Labute approximate surface area is 145 Å². The first-order chi connectivity index (χ1) is 11.9. The van der Waals surface area contributed by atoms with E-state index in [0.29, 0.717) is 38.1 Å². The Morgan fingerprint density at radius 1 is 1.28 bits per heavy atom. The number of nitrogens with one attached hydrogen (secondary N) is 2. The van der Waals surface area contributed by atoms with E-state index in [-0.39, 0.29) is 18.2 Å². The summed E-state index contributed by atoms with van der Waals surface area (Å²) < 4.78 is 31.2. The molecule has 1 saturated heterocycles. The monoisotopic (exact) mass is 355 g/mol. The van der Waals surface area contributed by atoms with Gasteiger partial charge in [0.1, 0.15) is 0 Å². The molecule has 1 aromatic carbocycles. The van der Waals surface area contributed by atoms with Gasteiger partial charge in [-0.05, 0) is 44.4 Å². The van der Waals surface area contributed by atoms with Gasteiger partial charge in [-0.25, -0.2) is 18.4 Å². The largest absolute Gasteiger partial charge is 0.450 e. The predicted octanol–water partition coefficient (Wildman–Crippen LogP) is 2.95. The summed E-state index contributed by atoms with van der Waals surface area (Å²) in [6.07, 6.45) is 0.926. The maximum absolute atomic E-state index is 13.3. The van der Waals surface area contributed by atoms with Gasteiger partial charge in [0.2, 0.25) is 0 Å². The van der Waals surface area contributed by atoms with Crippen molar-refractivity contribution in [2.24, 2.45) is 0 Å². The quantitative estimate of drug-likeness (QED) is 0.872. The average Bonchev–Trinajstić information content (AvgIpc) is 2.58. The molecular formula is C17H23F2N3O3. The van der Waals surface area contributed by atoms with Crippen molar-refractivity contribution in [3.63, 3.8) is 0 Å². The minimum atomic E-state index is -0.946. The molecule has 0 aromatic heterocycles. The lowest BCUT2D eigenvalue weighted by Crippen LogP contribution is -2.49. The van der Waals surface area contributed by atoms with Crippen LogP contribution < -0.4 is 10.6 Å². The molecular weight excluding hydrogens is 332 g/mol. The van der Waals surface area contributed by atoms with Gasteiger partial charge in [-0.1, -0.05) is 6.07 Å². The van der Waals surface area contributed by atoms with Crippen LogP contribution in [0.2, 0.25) is 0 Å². The van der Waals surface area contributed by atoms with E-state index < -0.39 is 17.7 Å². The number of carbonyl (C=O) groups is 2. The first-order valence-corrected chi connectivity index (χ1v) is 8.34. The lowest BCUT2D eigenvalue weighted by atomic mass is 10.1. The molecule has 0 radical (unpaired) electrons. The molecule has 1 atom stereocenters. The Morgan fingerprint density at radius 2 is 1.96 bits per heavy atom. The summed E-state index contributed by atoms with van der Waals surface area (Å²) in [6, 6.07) is 2.63. The van der Waals surface area contributed by atoms with Crippen molar-refractivity contribution < 1.29 is 23.1 Å². The van der Waals surface area contributed by atoms with Crippen LogP contribution in [0, 0.1) is 11.6 Å². The third-order valence-electron chi connectivity index (χ3n) is 4.15. The Balaban J connectivity index is 1.79. The number of carbonyl (C=O) groups excluding carboxylic acids is 2. The molecule has 1 heterocycles. The van der Waals surface area contributed by atoms with Crippen molar-refractivity contribution in [3.8, 4) is 0 Å². The lowest BCUT2D eigenvalue weighted by molar-refractivity contribution is 0.0957. The molecule has 1 aromatic rings. The van der Waals surface area contributed by atoms with Gasteiger partial charge in [-0.15, -0.1) is 0 Å². The summed E-state index contributed by atoms with van der Waals surface area (Å²) in [4.78, 5) is 25.3. The van der Waals surface area contributed by atoms with E-state index in [1.54, 1.807) is 18.7 Å². The van der Waals surface area contributed by atoms with E-state index in [1.165, 1.54) is 6.07 Å². The van der Waals surface area contributed by atoms with Crippen molar-refractivity contribution in [1.29, 1.82) is 0 Å². The smallest absolute Gasteiger partial charge is 0.409 e. The second-order valence-corrected chi connectivity index (χ2v) is 5.97. The van der Waals surface area contributed by atoms with Crippen LogP contribution in [0.15, 0.2) is 18.2 Å². The number of nitrogens with zero attached hydrogens (tertiary/aromatic N) is 1. The summed E-state index contributed by atoms with van der Waals surface area (Å²) in [5.74, 6) is -1.87. The molecule has 0 bridgehead atoms. The fraction of sp³-hybridized carbons (Fsp3) is 0.529. The van der Waals surface area contributed by atoms with Crippen molar-refractivity contribution in [1.82, 2.24) is 15.5 Å². The van der Waals surface area contributed by atoms with Gasteiger partial charge in [0, 0.05) is 19.1 Å². The number of halogens is 2. The number of piperidine rings is 1. The summed E-state index contributed by atoms with van der Waals surface area (Å²) in [5, 5.41) is 5.54. The molecule has 1 aliphatic heterocycles. The number of ether oxygens (including phenoxy) is 1. The van der Waals surface area contributed by atoms with Gasteiger partial charge < -0.3 is 20.3 Å². The highest BCUT2D eigenvalue weighted by atomic mass is 19.2. The fourth-order valence-electron chi connectivity index (χ4n) is 2.71. The molecule has 2 N–H and O–H groups in total. The number of hydrogen-bond acceptors (Lipinski definition) is 3. The van der Waals surface area contributed by atoms with E-state index in [0.717, 1.165) is 12.1 Å². The number of likely N-dealkylation sites (tertiary alicyclic amines) is 1. The van der Waals surface area contributed by atoms with Gasteiger partial charge in [0.15, 0.2) is 11.6 Å². The van der Waals surface area contributed by atoms with E-state index in [9.17, 15) is 18.4 Å². The van der Waals surface area contributed by atoms with Crippen LogP contribution >= 0.6 is 0 Å². The first kappa shape index (κ1) is 19.0. The molecule has 2 rings (SSSR count). The lowest BCUT2D eigenvalue weighted by Gasteiger charge is -2.31. The molecule has 0 unspecified atom stereocenters. The molecule has 1 aliphatic rings. The fourth-order valence-corrected chi connectivity index (χ4v) is 2.71. The molecule has 1 fully saturated rings. The zero-order valence-corrected chi connectivity index (χ0v) is 14.4. The Morgan fingerprint density at radius 3 is 2.56 bits per heavy atom. The van der Waals surface area contributed by atoms with Gasteiger partial charge in [-0.2, -0.15) is 0 Å². The molecule has 138 valence electrons. The number of rotatable bonds is 4. The molecule has 3 amide bonds. The summed E-state index contributed by atoms with van der Waals surface area (Å²) in [5.41, 5.74) is 0.478. The van der Waals surface area contributed by atoms with Crippen LogP contribution in [-0.2, 0) is 4.74 Å². The normalized spacial score (nSPS) is 16.2. The average molecular weight is 355 g/mol. The van der Waals surface area contributed by atoms with Crippen LogP contribution in [0.4, 0.5) is 18.4 Å². The Bertz CT molecular complexity index is 619. The van der Waals surface area contributed by atoms with Gasteiger partial charge in [0.05, 0.1) is 12.6 Å². The Hall–Kier alpha value is -2.38. The SMILES string of the molecule is CCOC(=O)N1CCC(NC(=O)N[C@H](C)c2ccc(F)c(F)c2)CC1. The van der Waals surface area contributed by atoms with E-state index >= 15 is 0 Å². The minimum Gasteiger partial charge on any atom is -0.450 e. The topological polar surface area (TPSA) is 70.7 Å². The van der Waals surface area contributed by atoms with Crippen LogP contribution in [0.1, 0.15) is 38.3 Å². The number of hydrogen-bond donors (Lipinski definition) is 2. The highest BCUT2D eigenvalue weighted by molar-refractivity contribution is 5.75. The molecule has 8 heteroatoms. The van der Waals surface area contributed by atoms with E-state index in [4.69, 9.17) is 4.74 Å². The van der Waals surface area contributed by atoms with Crippen molar-refractivity contribution in [3.05, 3.63) is 35.4 Å². The zero-order chi connectivity index (χ0) is 18.4. The maximum atomic E-state index is 13.3. The molecule has 0 aliphatic carbocycles. The third-order valence-corrected chi connectivity index (χ3v) is 4.15. The first-order valence-electron chi connectivity index (χ1n) is 8.34. The van der Waals surface area contributed by atoms with Crippen LogP contribution in [0.5, 0.6) is 0 Å².